The summed E-state index contributed by atoms with van der Waals surface area (Å²) in [6.45, 7) is 4.83. The molecule has 4 rings (SSSR count). The van der Waals surface area contributed by atoms with Crippen LogP contribution in [0.15, 0.2) is 48.5 Å². The van der Waals surface area contributed by atoms with Gasteiger partial charge in [0.1, 0.15) is 11.4 Å². The summed E-state index contributed by atoms with van der Waals surface area (Å²) >= 11 is 0. The molecule has 2 aromatic carbocycles. The third-order valence-corrected chi connectivity index (χ3v) is 7.95. The third kappa shape index (κ3) is 3.79. The molecule has 0 bridgehead atoms. The van der Waals surface area contributed by atoms with E-state index in [1.807, 2.05) is 36.4 Å². The van der Waals surface area contributed by atoms with Gasteiger partial charge in [0.15, 0.2) is 0 Å². The molecule has 168 valence electrons. The quantitative estimate of drug-likeness (QED) is 0.573. The van der Waals surface area contributed by atoms with Gasteiger partial charge in [-0.15, -0.1) is 0 Å². The van der Waals surface area contributed by atoms with Gasteiger partial charge < -0.3 is 20.1 Å². The fourth-order valence-corrected chi connectivity index (χ4v) is 6.20. The Hall–Kier alpha value is -1.88. The summed E-state index contributed by atoms with van der Waals surface area (Å²) in [5.41, 5.74) is 0.804. The number of aryl methyl sites for hydroxylation is 1. The topological polar surface area (TPSA) is 69.9 Å². The molecule has 4 atom stereocenters. The van der Waals surface area contributed by atoms with Crippen molar-refractivity contribution in [3.8, 4) is 5.75 Å². The molecule has 4 nitrogen and oxygen atoms in total. The van der Waals surface area contributed by atoms with Crippen LogP contribution in [0.25, 0.3) is 0 Å². The van der Waals surface area contributed by atoms with E-state index in [0.717, 1.165) is 43.4 Å². The second kappa shape index (κ2) is 8.57. The first kappa shape index (κ1) is 22.3. The van der Waals surface area contributed by atoms with Crippen molar-refractivity contribution in [3.63, 3.8) is 0 Å². The highest BCUT2D eigenvalue weighted by Crippen LogP contribution is 2.60. The van der Waals surface area contributed by atoms with Crippen LogP contribution in [0.3, 0.4) is 0 Å². The number of ether oxygens (including phenoxy) is 1. The van der Waals surface area contributed by atoms with Crippen LogP contribution in [-0.2, 0) is 17.4 Å². The second-order valence-electron chi connectivity index (χ2n) is 9.72. The number of hydrogen-bond acceptors (Lipinski definition) is 4. The standard InChI is InChI=1S/C27H36O4/c1-3-26-19-25(2,29)27(30,21-9-5-4-6-10-21)18-22(26)12-11-20-17-23(13-14-24(20)26)31-16-8-7-15-28/h4-6,9-10,13-14,17,22,28-30H,3,7-8,11-12,15-16,18-19H2,1-2H3/t22-,25-,26-,27-/m1/s1. The monoisotopic (exact) mass is 424 g/mol. The first-order valence-electron chi connectivity index (χ1n) is 11.7. The summed E-state index contributed by atoms with van der Waals surface area (Å²) in [6, 6.07) is 16.1. The number of benzene rings is 2. The molecule has 0 aromatic heterocycles. The van der Waals surface area contributed by atoms with Crippen molar-refractivity contribution in [2.45, 2.75) is 75.4 Å². The van der Waals surface area contributed by atoms with Gasteiger partial charge in [0.25, 0.3) is 0 Å². The zero-order chi connectivity index (χ0) is 22.1. The van der Waals surface area contributed by atoms with E-state index in [4.69, 9.17) is 9.84 Å². The van der Waals surface area contributed by atoms with E-state index >= 15 is 0 Å². The number of hydrogen-bond donors (Lipinski definition) is 3. The van der Waals surface area contributed by atoms with Crippen molar-refractivity contribution in [2.24, 2.45) is 5.92 Å². The van der Waals surface area contributed by atoms with Gasteiger partial charge >= 0.3 is 0 Å². The molecule has 1 saturated carbocycles. The van der Waals surface area contributed by atoms with Crippen LogP contribution in [0.5, 0.6) is 5.75 Å². The predicted molar refractivity (Wildman–Crippen MR) is 122 cm³/mol. The molecule has 2 aliphatic rings. The molecular weight excluding hydrogens is 388 g/mol. The van der Waals surface area contributed by atoms with E-state index in [0.29, 0.717) is 25.4 Å². The first-order valence-corrected chi connectivity index (χ1v) is 11.7. The third-order valence-electron chi connectivity index (χ3n) is 7.95. The summed E-state index contributed by atoms with van der Waals surface area (Å²) in [5.74, 6) is 1.19. The smallest absolute Gasteiger partial charge is 0.119 e. The molecule has 0 amide bonds. The van der Waals surface area contributed by atoms with E-state index in [9.17, 15) is 10.2 Å². The molecular formula is C27H36O4. The Labute approximate surface area is 185 Å². The lowest BCUT2D eigenvalue weighted by Gasteiger charge is -2.59. The van der Waals surface area contributed by atoms with Crippen molar-refractivity contribution < 1.29 is 20.1 Å². The van der Waals surface area contributed by atoms with E-state index < -0.39 is 11.2 Å². The van der Waals surface area contributed by atoms with Crippen molar-refractivity contribution >= 4 is 0 Å². The SMILES string of the molecule is CC[C@@]12C[C@@](C)(O)[C@](O)(c3ccccc3)C[C@H]1CCc1cc(OCCCCO)ccc12. The van der Waals surface area contributed by atoms with Crippen LogP contribution in [0.4, 0.5) is 0 Å². The summed E-state index contributed by atoms with van der Waals surface area (Å²) in [6.07, 6.45) is 5.60. The van der Waals surface area contributed by atoms with E-state index in [1.54, 1.807) is 6.92 Å². The Bertz CT molecular complexity index is 893. The van der Waals surface area contributed by atoms with Crippen LogP contribution in [0, 0.1) is 5.92 Å². The van der Waals surface area contributed by atoms with Gasteiger partial charge in [0.2, 0.25) is 0 Å². The van der Waals surface area contributed by atoms with Gasteiger partial charge in [-0.1, -0.05) is 43.3 Å². The minimum atomic E-state index is -1.25. The zero-order valence-electron chi connectivity index (χ0n) is 18.8. The Morgan fingerprint density at radius 2 is 1.84 bits per heavy atom. The first-order chi connectivity index (χ1) is 14.9. The molecule has 3 N–H and O–H groups in total. The Balaban J connectivity index is 1.65. The molecule has 0 aliphatic heterocycles. The van der Waals surface area contributed by atoms with Crippen molar-refractivity contribution in [2.75, 3.05) is 13.2 Å². The second-order valence-corrected chi connectivity index (χ2v) is 9.72. The Morgan fingerprint density at radius 1 is 1.06 bits per heavy atom. The number of aliphatic hydroxyl groups is 3. The highest BCUT2D eigenvalue weighted by atomic mass is 16.5. The molecule has 2 aromatic rings. The highest BCUT2D eigenvalue weighted by Gasteiger charge is 2.60. The maximum Gasteiger partial charge on any atom is 0.119 e. The van der Waals surface area contributed by atoms with Crippen LogP contribution in [0.1, 0.15) is 69.1 Å². The average molecular weight is 425 g/mol. The van der Waals surface area contributed by atoms with Crippen LogP contribution < -0.4 is 4.74 Å². The molecule has 4 heteroatoms. The summed E-state index contributed by atoms with van der Waals surface area (Å²) in [4.78, 5) is 0. The number of rotatable bonds is 7. The lowest BCUT2D eigenvalue weighted by Crippen LogP contribution is -2.62. The van der Waals surface area contributed by atoms with Crippen molar-refractivity contribution in [1.82, 2.24) is 0 Å². The van der Waals surface area contributed by atoms with Gasteiger partial charge in [-0.3, -0.25) is 0 Å². The fourth-order valence-electron chi connectivity index (χ4n) is 6.20. The van der Waals surface area contributed by atoms with Gasteiger partial charge in [-0.25, -0.2) is 0 Å². The lowest BCUT2D eigenvalue weighted by atomic mass is 9.49. The normalized spacial score (nSPS) is 32.2. The number of aliphatic hydroxyl groups excluding tert-OH is 1. The maximum absolute atomic E-state index is 11.8. The van der Waals surface area contributed by atoms with Crippen LogP contribution >= 0.6 is 0 Å². The lowest BCUT2D eigenvalue weighted by molar-refractivity contribution is -0.205. The number of fused-ring (bicyclic) bond motifs is 3. The molecule has 0 spiro atoms. The highest BCUT2D eigenvalue weighted by molar-refractivity contribution is 5.45. The zero-order valence-corrected chi connectivity index (χ0v) is 18.8. The summed E-state index contributed by atoms with van der Waals surface area (Å²) < 4.78 is 5.91. The fraction of sp³-hybridized carbons (Fsp3) is 0.556. The molecule has 2 aliphatic carbocycles. The number of unbranched alkanes of at least 4 members (excludes halogenated alkanes) is 1. The molecule has 1 fully saturated rings. The van der Waals surface area contributed by atoms with Crippen LogP contribution in [-0.4, -0.2) is 34.1 Å². The van der Waals surface area contributed by atoms with Gasteiger partial charge in [0, 0.05) is 12.0 Å². The molecule has 0 saturated heterocycles. The average Bonchev–Trinajstić information content (AvgIpc) is 2.78. The van der Waals surface area contributed by atoms with Gasteiger partial charge in [0.05, 0.1) is 12.2 Å². The largest absolute Gasteiger partial charge is 0.494 e. The Morgan fingerprint density at radius 3 is 2.55 bits per heavy atom. The summed E-state index contributed by atoms with van der Waals surface area (Å²) in [7, 11) is 0. The summed E-state index contributed by atoms with van der Waals surface area (Å²) in [5, 5.41) is 32.3. The van der Waals surface area contributed by atoms with Crippen molar-refractivity contribution in [3.05, 3.63) is 65.2 Å². The Kier molecular flexibility index (Phi) is 6.17. The van der Waals surface area contributed by atoms with Gasteiger partial charge in [-0.2, -0.15) is 0 Å². The maximum atomic E-state index is 11.8. The van der Waals surface area contributed by atoms with Gasteiger partial charge in [-0.05, 0) is 86.6 Å². The molecule has 0 radical (unpaired) electrons. The minimum Gasteiger partial charge on any atom is -0.494 e. The molecule has 31 heavy (non-hydrogen) atoms. The van der Waals surface area contributed by atoms with E-state index in [-0.39, 0.29) is 12.0 Å². The minimum absolute atomic E-state index is 0.145. The van der Waals surface area contributed by atoms with E-state index in [1.165, 1.54) is 11.1 Å². The van der Waals surface area contributed by atoms with E-state index in [2.05, 4.69) is 19.1 Å². The van der Waals surface area contributed by atoms with Crippen molar-refractivity contribution in [1.29, 1.82) is 0 Å². The van der Waals surface area contributed by atoms with Crippen LogP contribution in [0.2, 0.25) is 0 Å². The molecule has 0 heterocycles. The predicted octanol–water partition coefficient (Wildman–Crippen LogP) is 4.48. The molecule has 0 unspecified atom stereocenters.